The highest BCUT2D eigenvalue weighted by Crippen LogP contribution is 2.32. The van der Waals surface area contributed by atoms with E-state index in [4.69, 9.17) is 0 Å². The van der Waals surface area contributed by atoms with Gasteiger partial charge < -0.3 is 4.57 Å². The van der Waals surface area contributed by atoms with Crippen LogP contribution in [0.5, 0.6) is 0 Å². The highest BCUT2D eigenvalue weighted by molar-refractivity contribution is 5.57. The number of rotatable bonds is 4. The molecule has 0 amide bonds. The van der Waals surface area contributed by atoms with Crippen molar-refractivity contribution in [1.82, 2.24) is 34.4 Å². The minimum atomic E-state index is 0.428. The molecule has 0 saturated carbocycles. The molecule has 0 bridgehead atoms. The van der Waals surface area contributed by atoms with Crippen LogP contribution in [0.15, 0.2) is 43.5 Å². The number of piperidine rings is 1. The third-order valence-electron chi connectivity index (χ3n) is 4.76. The lowest BCUT2D eigenvalue weighted by molar-refractivity contribution is 0.201. The Kier molecular flexibility index (Phi) is 4.47. The fourth-order valence-corrected chi connectivity index (χ4v) is 3.44. The van der Waals surface area contributed by atoms with E-state index >= 15 is 0 Å². The molecule has 7 nitrogen and oxygen atoms in total. The van der Waals surface area contributed by atoms with Crippen molar-refractivity contribution in [3.63, 3.8) is 0 Å². The van der Waals surface area contributed by atoms with Crippen molar-refractivity contribution in [3.8, 4) is 11.4 Å². The molecule has 25 heavy (non-hydrogen) atoms. The molecule has 4 rings (SSSR count). The van der Waals surface area contributed by atoms with E-state index in [2.05, 4.69) is 29.8 Å². The molecule has 128 valence electrons. The predicted octanol–water partition coefficient (Wildman–Crippen LogP) is 2.05. The Morgan fingerprint density at radius 3 is 2.48 bits per heavy atom. The molecule has 4 heterocycles. The molecule has 0 aromatic carbocycles. The van der Waals surface area contributed by atoms with Crippen LogP contribution < -0.4 is 0 Å². The molecule has 1 aliphatic rings. The minimum absolute atomic E-state index is 0.428. The van der Waals surface area contributed by atoms with Crippen LogP contribution in [0.1, 0.15) is 30.1 Å². The van der Waals surface area contributed by atoms with Gasteiger partial charge in [-0.2, -0.15) is 0 Å². The predicted molar refractivity (Wildman–Crippen MR) is 93.5 cm³/mol. The third kappa shape index (κ3) is 3.41. The van der Waals surface area contributed by atoms with Gasteiger partial charge in [0.2, 0.25) is 0 Å². The van der Waals surface area contributed by atoms with Crippen LogP contribution in [0.25, 0.3) is 11.4 Å². The Morgan fingerprint density at radius 2 is 1.76 bits per heavy atom. The van der Waals surface area contributed by atoms with Crippen molar-refractivity contribution in [2.45, 2.75) is 25.3 Å². The highest BCUT2D eigenvalue weighted by atomic mass is 15.1. The number of nitrogens with zero attached hydrogens (tertiary/aromatic N) is 7. The summed E-state index contributed by atoms with van der Waals surface area (Å²) in [6.07, 6.45) is 14.7. The van der Waals surface area contributed by atoms with E-state index in [1.54, 1.807) is 31.1 Å². The van der Waals surface area contributed by atoms with E-state index < -0.39 is 0 Å². The molecule has 0 unspecified atom stereocenters. The second-order valence-electron chi connectivity index (χ2n) is 6.43. The largest absolute Gasteiger partial charge is 0.332 e. The number of hydrogen-bond acceptors (Lipinski definition) is 6. The first kappa shape index (κ1) is 15.8. The summed E-state index contributed by atoms with van der Waals surface area (Å²) >= 11 is 0. The summed E-state index contributed by atoms with van der Waals surface area (Å²) in [5.41, 5.74) is 4.08. The molecule has 1 saturated heterocycles. The van der Waals surface area contributed by atoms with Crippen molar-refractivity contribution < 1.29 is 0 Å². The summed E-state index contributed by atoms with van der Waals surface area (Å²) in [7, 11) is 1.99. The smallest absolute Gasteiger partial charge is 0.110 e. The van der Waals surface area contributed by atoms with Crippen LogP contribution in [-0.4, -0.2) is 47.5 Å². The van der Waals surface area contributed by atoms with E-state index in [1.807, 2.05) is 24.0 Å². The lowest BCUT2D eigenvalue weighted by Crippen LogP contribution is -2.33. The van der Waals surface area contributed by atoms with Crippen LogP contribution in [-0.2, 0) is 13.6 Å². The number of aromatic nitrogens is 6. The van der Waals surface area contributed by atoms with Gasteiger partial charge >= 0.3 is 0 Å². The van der Waals surface area contributed by atoms with Crippen molar-refractivity contribution in [1.29, 1.82) is 0 Å². The molecular weight excluding hydrogens is 314 g/mol. The molecule has 0 aliphatic carbocycles. The first-order valence-electron chi connectivity index (χ1n) is 8.56. The topological polar surface area (TPSA) is 72.6 Å². The first-order valence-corrected chi connectivity index (χ1v) is 8.56. The van der Waals surface area contributed by atoms with Gasteiger partial charge in [-0.15, -0.1) is 0 Å². The summed E-state index contributed by atoms with van der Waals surface area (Å²) in [5.74, 6) is 0.428. The zero-order chi connectivity index (χ0) is 17.1. The summed E-state index contributed by atoms with van der Waals surface area (Å²) in [5, 5.41) is 0. The molecule has 0 spiro atoms. The van der Waals surface area contributed by atoms with E-state index in [0.717, 1.165) is 55.3 Å². The number of likely N-dealkylation sites (tertiary alicyclic amines) is 1. The molecule has 1 fully saturated rings. The van der Waals surface area contributed by atoms with Crippen LogP contribution in [0, 0.1) is 0 Å². The van der Waals surface area contributed by atoms with E-state index in [9.17, 15) is 0 Å². The van der Waals surface area contributed by atoms with Gasteiger partial charge in [-0.3, -0.25) is 24.8 Å². The normalized spacial score (nSPS) is 16.2. The highest BCUT2D eigenvalue weighted by Gasteiger charge is 2.25. The van der Waals surface area contributed by atoms with Gasteiger partial charge in [-0.05, 0) is 25.9 Å². The summed E-state index contributed by atoms with van der Waals surface area (Å²) in [6.45, 7) is 2.92. The Morgan fingerprint density at radius 1 is 0.960 bits per heavy atom. The van der Waals surface area contributed by atoms with Crippen LogP contribution >= 0.6 is 0 Å². The zero-order valence-electron chi connectivity index (χ0n) is 14.3. The second kappa shape index (κ2) is 7.06. The lowest BCUT2D eigenvalue weighted by atomic mass is 9.91. The monoisotopic (exact) mass is 335 g/mol. The zero-order valence-corrected chi connectivity index (χ0v) is 14.3. The molecule has 3 aromatic rings. The van der Waals surface area contributed by atoms with Crippen molar-refractivity contribution in [2.24, 2.45) is 7.05 Å². The Hall–Kier alpha value is -2.67. The minimum Gasteiger partial charge on any atom is -0.332 e. The molecule has 0 radical (unpaired) electrons. The van der Waals surface area contributed by atoms with Gasteiger partial charge in [-0.25, -0.2) is 4.98 Å². The van der Waals surface area contributed by atoms with Crippen LogP contribution in [0.3, 0.4) is 0 Å². The fourth-order valence-electron chi connectivity index (χ4n) is 3.44. The maximum atomic E-state index is 4.66. The van der Waals surface area contributed by atoms with Gasteiger partial charge in [0.1, 0.15) is 5.69 Å². The standard InChI is InChI=1S/C18H21N7/c1-24-13-20-11-16(24)18-17(22-6-7-23-18)14-2-8-25(9-3-14)12-15-10-19-4-5-21-15/h4-7,10-11,13-14H,2-3,8-9,12H2,1H3. The number of aryl methyl sites for hydroxylation is 1. The van der Waals surface area contributed by atoms with E-state index in [-0.39, 0.29) is 0 Å². The number of hydrogen-bond donors (Lipinski definition) is 0. The van der Waals surface area contributed by atoms with E-state index in [0.29, 0.717) is 5.92 Å². The van der Waals surface area contributed by atoms with Gasteiger partial charge in [0.25, 0.3) is 0 Å². The molecule has 3 aromatic heterocycles. The Balaban J connectivity index is 1.47. The molecular formula is C18H21N7. The fraction of sp³-hybridized carbons (Fsp3) is 0.389. The number of imidazole rings is 1. The van der Waals surface area contributed by atoms with Gasteiger partial charge in [-0.1, -0.05) is 0 Å². The average molecular weight is 335 g/mol. The van der Waals surface area contributed by atoms with Gasteiger partial charge in [0, 0.05) is 50.5 Å². The molecule has 1 aliphatic heterocycles. The maximum absolute atomic E-state index is 4.66. The van der Waals surface area contributed by atoms with Gasteiger partial charge in [0.15, 0.2) is 0 Å². The van der Waals surface area contributed by atoms with Crippen LogP contribution in [0.4, 0.5) is 0 Å². The summed E-state index contributed by atoms with van der Waals surface area (Å²) in [4.78, 5) is 24.4. The molecule has 0 atom stereocenters. The summed E-state index contributed by atoms with van der Waals surface area (Å²) < 4.78 is 2.00. The Labute approximate surface area is 146 Å². The second-order valence-corrected chi connectivity index (χ2v) is 6.43. The first-order chi connectivity index (χ1) is 12.3. The van der Waals surface area contributed by atoms with Crippen molar-refractivity contribution in [3.05, 3.63) is 54.9 Å². The van der Waals surface area contributed by atoms with Crippen molar-refractivity contribution in [2.75, 3.05) is 13.1 Å². The molecule has 0 N–H and O–H groups in total. The van der Waals surface area contributed by atoms with E-state index in [1.165, 1.54) is 0 Å². The third-order valence-corrected chi connectivity index (χ3v) is 4.76. The molecule has 7 heteroatoms. The Bertz CT molecular complexity index is 822. The SMILES string of the molecule is Cn1cncc1-c1nccnc1C1CCN(Cc2cnccn2)CC1. The van der Waals surface area contributed by atoms with Crippen molar-refractivity contribution >= 4 is 0 Å². The average Bonchev–Trinajstić information content (AvgIpc) is 3.09. The summed E-state index contributed by atoms with van der Waals surface area (Å²) in [6, 6.07) is 0. The lowest BCUT2D eigenvalue weighted by Gasteiger charge is -2.31. The van der Waals surface area contributed by atoms with Gasteiger partial charge in [0.05, 0.1) is 29.6 Å². The quantitative estimate of drug-likeness (QED) is 0.726. The maximum Gasteiger partial charge on any atom is 0.110 e. The van der Waals surface area contributed by atoms with Crippen LogP contribution in [0.2, 0.25) is 0 Å².